The molecule has 0 aliphatic carbocycles. The van der Waals surface area contributed by atoms with Crippen LogP contribution in [0.15, 0.2) is 42.5 Å². The Labute approximate surface area is 122 Å². The number of nitrogens with one attached hydrogen (secondary N) is 1. The number of anilines is 2. The molecule has 3 N–H and O–H groups in total. The lowest BCUT2D eigenvalue weighted by Gasteiger charge is -2.09. The van der Waals surface area contributed by atoms with Gasteiger partial charge in [0.05, 0.1) is 19.2 Å². The molecule has 20 heavy (non-hydrogen) atoms. The van der Waals surface area contributed by atoms with Crippen molar-refractivity contribution in [1.82, 2.24) is 0 Å². The summed E-state index contributed by atoms with van der Waals surface area (Å²) in [5, 5.41) is 3.36. The minimum Gasteiger partial charge on any atom is -0.495 e. The second kappa shape index (κ2) is 6.30. The highest BCUT2D eigenvalue weighted by Crippen LogP contribution is 2.24. The first-order valence-electron chi connectivity index (χ1n) is 6.07. The normalized spacial score (nSPS) is 10.1. The van der Waals surface area contributed by atoms with Crippen LogP contribution < -0.4 is 15.8 Å². The van der Waals surface area contributed by atoms with Gasteiger partial charge in [-0.1, -0.05) is 29.8 Å². The highest BCUT2D eigenvalue weighted by Gasteiger charge is 2.08. The molecule has 1 amide bonds. The number of carbonyl (C=O) groups excluding carboxylic acids is 1. The number of carbonyl (C=O) groups is 1. The lowest BCUT2D eigenvalue weighted by atomic mass is 10.1. The number of rotatable bonds is 4. The fourth-order valence-electron chi connectivity index (χ4n) is 1.83. The first-order chi connectivity index (χ1) is 9.60. The van der Waals surface area contributed by atoms with E-state index in [0.29, 0.717) is 22.1 Å². The van der Waals surface area contributed by atoms with Crippen molar-refractivity contribution in [1.29, 1.82) is 0 Å². The minimum absolute atomic E-state index is 0.150. The Morgan fingerprint density at radius 2 is 2.05 bits per heavy atom. The summed E-state index contributed by atoms with van der Waals surface area (Å²) in [6, 6.07) is 12.4. The molecule has 0 radical (unpaired) electrons. The van der Waals surface area contributed by atoms with Crippen LogP contribution in [0.4, 0.5) is 11.4 Å². The van der Waals surface area contributed by atoms with Gasteiger partial charge in [-0.3, -0.25) is 4.79 Å². The van der Waals surface area contributed by atoms with E-state index in [4.69, 9.17) is 22.1 Å². The van der Waals surface area contributed by atoms with Gasteiger partial charge in [0.1, 0.15) is 5.75 Å². The number of nitrogens with two attached hydrogens (primary N) is 1. The second-order valence-electron chi connectivity index (χ2n) is 4.27. The van der Waals surface area contributed by atoms with Gasteiger partial charge in [-0.25, -0.2) is 0 Å². The Hall–Kier alpha value is -2.20. The Morgan fingerprint density at radius 1 is 1.30 bits per heavy atom. The molecule has 0 fully saturated rings. The standard InChI is InChI=1S/C15H15ClN2O2/c1-20-14-7-6-11(9-13(14)17)18-15(19)8-10-4-2-3-5-12(10)16/h2-7,9H,8,17H2,1H3,(H,18,19). The maximum atomic E-state index is 12.0. The average Bonchev–Trinajstić information content (AvgIpc) is 2.41. The van der Waals surface area contributed by atoms with Crippen molar-refractivity contribution < 1.29 is 9.53 Å². The van der Waals surface area contributed by atoms with E-state index in [1.165, 1.54) is 0 Å². The quantitative estimate of drug-likeness (QED) is 0.850. The van der Waals surface area contributed by atoms with Crippen molar-refractivity contribution in [2.75, 3.05) is 18.2 Å². The summed E-state index contributed by atoms with van der Waals surface area (Å²) in [7, 11) is 1.54. The average molecular weight is 291 g/mol. The number of hydrogen-bond acceptors (Lipinski definition) is 3. The van der Waals surface area contributed by atoms with Crippen LogP contribution in [0.2, 0.25) is 5.02 Å². The fraction of sp³-hybridized carbons (Fsp3) is 0.133. The van der Waals surface area contributed by atoms with E-state index in [9.17, 15) is 4.79 Å². The van der Waals surface area contributed by atoms with Gasteiger partial charge >= 0.3 is 0 Å². The monoisotopic (exact) mass is 290 g/mol. The topological polar surface area (TPSA) is 64.3 Å². The summed E-state index contributed by atoms with van der Waals surface area (Å²) in [6.45, 7) is 0. The van der Waals surface area contributed by atoms with E-state index in [1.807, 2.05) is 18.2 Å². The maximum Gasteiger partial charge on any atom is 0.228 e. The number of ether oxygens (including phenoxy) is 1. The van der Waals surface area contributed by atoms with Crippen molar-refractivity contribution in [2.45, 2.75) is 6.42 Å². The van der Waals surface area contributed by atoms with Crippen molar-refractivity contribution in [3.63, 3.8) is 0 Å². The molecule has 0 aliphatic rings. The molecule has 0 aromatic heterocycles. The highest BCUT2D eigenvalue weighted by atomic mass is 35.5. The lowest BCUT2D eigenvalue weighted by Crippen LogP contribution is -2.14. The molecule has 0 saturated carbocycles. The van der Waals surface area contributed by atoms with Crippen LogP contribution >= 0.6 is 11.6 Å². The zero-order valence-electron chi connectivity index (χ0n) is 11.0. The zero-order valence-corrected chi connectivity index (χ0v) is 11.8. The second-order valence-corrected chi connectivity index (χ2v) is 4.68. The van der Waals surface area contributed by atoms with E-state index >= 15 is 0 Å². The largest absolute Gasteiger partial charge is 0.495 e. The van der Waals surface area contributed by atoms with Crippen molar-refractivity contribution in [2.24, 2.45) is 0 Å². The third-order valence-electron chi connectivity index (χ3n) is 2.82. The number of methoxy groups -OCH3 is 1. The van der Waals surface area contributed by atoms with Crippen LogP contribution in [0.5, 0.6) is 5.75 Å². The molecule has 5 heteroatoms. The Morgan fingerprint density at radius 3 is 2.70 bits per heavy atom. The predicted octanol–water partition coefficient (Wildman–Crippen LogP) is 3.11. The van der Waals surface area contributed by atoms with Crippen LogP contribution in [0, 0.1) is 0 Å². The molecule has 0 unspecified atom stereocenters. The predicted molar refractivity (Wildman–Crippen MR) is 81.2 cm³/mol. The van der Waals surface area contributed by atoms with Crippen LogP contribution in [-0.4, -0.2) is 13.0 Å². The zero-order chi connectivity index (χ0) is 14.5. The summed E-state index contributed by atoms with van der Waals surface area (Å²) in [6.07, 6.45) is 0.214. The maximum absolute atomic E-state index is 12.0. The third-order valence-corrected chi connectivity index (χ3v) is 3.19. The number of benzene rings is 2. The van der Waals surface area contributed by atoms with E-state index in [-0.39, 0.29) is 12.3 Å². The van der Waals surface area contributed by atoms with Gasteiger partial charge in [0, 0.05) is 10.7 Å². The Kier molecular flexibility index (Phi) is 4.48. The van der Waals surface area contributed by atoms with Gasteiger partial charge in [-0.15, -0.1) is 0 Å². The molecule has 0 saturated heterocycles. The van der Waals surface area contributed by atoms with Crippen LogP contribution in [0.3, 0.4) is 0 Å². The van der Waals surface area contributed by atoms with E-state index in [2.05, 4.69) is 5.32 Å². The first kappa shape index (κ1) is 14.2. The third kappa shape index (κ3) is 3.42. The smallest absolute Gasteiger partial charge is 0.228 e. The van der Waals surface area contributed by atoms with Gasteiger partial charge in [-0.05, 0) is 29.8 Å². The minimum atomic E-state index is -0.150. The molecule has 2 rings (SSSR count). The fourth-order valence-corrected chi connectivity index (χ4v) is 2.03. The summed E-state index contributed by atoms with van der Waals surface area (Å²) in [5.74, 6) is 0.428. The van der Waals surface area contributed by atoms with Crippen molar-refractivity contribution in [3.8, 4) is 5.75 Å². The lowest BCUT2D eigenvalue weighted by molar-refractivity contribution is -0.115. The molecular formula is C15H15ClN2O2. The Bertz CT molecular complexity index is 629. The van der Waals surface area contributed by atoms with Gasteiger partial charge in [0.2, 0.25) is 5.91 Å². The number of nitrogen functional groups attached to an aromatic ring is 1. The van der Waals surface area contributed by atoms with Crippen molar-refractivity contribution in [3.05, 3.63) is 53.1 Å². The molecule has 4 nitrogen and oxygen atoms in total. The summed E-state index contributed by atoms with van der Waals surface area (Å²) < 4.78 is 5.06. The van der Waals surface area contributed by atoms with Crippen LogP contribution in [0.25, 0.3) is 0 Å². The molecule has 104 valence electrons. The molecule has 0 bridgehead atoms. The highest BCUT2D eigenvalue weighted by molar-refractivity contribution is 6.31. The number of hydrogen-bond donors (Lipinski definition) is 2. The van der Waals surface area contributed by atoms with E-state index in [1.54, 1.807) is 31.4 Å². The molecule has 0 heterocycles. The van der Waals surface area contributed by atoms with E-state index in [0.717, 1.165) is 5.56 Å². The molecule has 0 aliphatic heterocycles. The Balaban J connectivity index is 2.05. The van der Waals surface area contributed by atoms with Gasteiger partial charge in [0.15, 0.2) is 0 Å². The number of halogens is 1. The van der Waals surface area contributed by atoms with Crippen molar-refractivity contribution >= 4 is 28.9 Å². The molecule has 0 atom stereocenters. The first-order valence-corrected chi connectivity index (χ1v) is 6.44. The molecule has 0 spiro atoms. The van der Waals surface area contributed by atoms with Gasteiger partial charge in [0.25, 0.3) is 0 Å². The summed E-state index contributed by atoms with van der Waals surface area (Å²) in [4.78, 5) is 12.0. The van der Waals surface area contributed by atoms with Crippen LogP contribution in [-0.2, 0) is 11.2 Å². The summed E-state index contributed by atoms with van der Waals surface area (Å²) >= 11 is 6.02. The van der Waals surface area contributed by atoms with Gasteiger partial charge in [-0.2, -0.15) is 0 Å². The molecule has 2 aromatic carbocycles. The molecule has 2 aromatic rings. The van der Waals surface area contributed by atoms with Gasteiger partial charge < -0.3 is 15.8 Å². The van der Waals surface area contributed by atoms with Crippen LogP contribution in [0.1, 0.15) is 5.56 Å². The van der Waals surface area contributed by atoms with E-state index < -0.39 is 0 Å². The molecular weight excluding hydrogens is 276 g/mol. The SMILES string of the molecule is COc1ccc(NC(=O)Cc2ccccc2Cl)cc1N. The summed E-state index contributed by atoms with van der Waals surface area (Å²) in [5.41, 5.74) is 7.67. The number of amides is 1.